The molecule has 200 valence electrons. The quantitative estimate of drug-likeness (QED) is 0.0918. The van der Waals surface area contributed by atoms with E-state index < -0.39 is 11.9 Å². The van der Waals surface area contributed by atoms with E-state index in [0.29, 0.717) is 16.7 Å². The fourth-order valence-corrected chi connectivity index (χ4v) is 4.52. The summed E-state index contributed by atoms with van der Waals surface area (Å²) < 4.78 is 5.99. The molecule has 2 N–H and O–H groups in total. The molecule has 3 aromatic rings. The van der Waals surface area contributed by atoms with Crippen LogP contribution in [-0.4, -0.2) is 28.8 Å². The van der Waals surface area contributed by atoms with Crippen molar-refractivity contribution in [2.45, 2.75) is 65.2 Å². The van der Waals surface area contributed by atoms with Crippen LogP contribution in [0.2, 0.25) is 0 Å². The molecule has 3 rings (SSSR count). The first-order valence-electron chi connectivity index (χ1n) is 13.5. The van der Waals surface area contributed by atoms with E-state index >= 15 is 0 Å². The molecule has 0 aliphatic carbocycles. The molecular weight excluding hydrogens is 476 g/mol. The van der Waals surface area contributed by atoms with E-state index in [-0.39, 0.29) is 5.56 Å². The highest BCUT2D eigenvalue weighted by Gasteiger charge is 2.10. The fraction of sp³-hybridized carbons (Fsp3) is 0.333. The predicted octanol–water partition coefficient (Wildman–Crippen LogP) is 8.63. The Morgan fingerprint density at radius 1 is 0.789 bits per heavy atom. The van der Waals surface area contributed by atoms with E-state index in [4.69, 9.17) is 4.74 Å². The molecule has 0 fully saturated rings. The van der Waals surface area contributed by atoms with Gasteiger partial charge >= 0.3 is 11.9 Å². The van der Waals surface area contributed by atoms with Gasteiger partial charge in [-0.1, -0.05) is 82.2 Å². The number of carbonyl (C=O) groups is 2. The third-order valence-corrected chi connectivity index (χ3v) is 6.60. The van der Waals surface area contributed by atoms with E-state index in [9.17, 15) is 19.8 Å². The van der Waals surface area contributed by atoms with Crippen LogP contribution in [-0.2, 0) is 4.79 Å². The van der Waals surface area contributed by atoms with Gasteiger partial charge in [0.25, 0.3) is 0 Å². The van der Waals surface area contributed by atoms with Crippen LogP contribution >= 0.6 is 0 Å². The summed E-state index contributed by atoms with van der Waals surface area (Å²) in [6.45, 7) is 4.67. The molecule has 0 atom stereocenters. The lowest BCUT2D eigenvalue weighted by molar-refractivity contribution is -0.131. The van der Waals surface area contributed by atoms with E-state index in [1.807, 2.05) is 42.5 Å². The minimum atomic E-state index is -1.05. The Balaban J connectivity index is 1.72. The molecule has 5 nitrogen and oxygen atoms in total. The standard InChI is InChI=1S/C33H38O5/c1-3-4-5-6-7-8-9-10-18-38-30-17-16-26-20-25(14-15-27(26)23-30)21-31(24(2)19-32(34)35)28-12-11-13-29(22-28)33(36)37/h11-17,19-23H,3-10,18H2,1-2H3,(H,34,35)(H,36,37)/b24-19+,31-21-. The number of carboxylic acid groups (broad SMARTS) is 2. The molecule has 5 heteroatoms. The molecule has 0 heterocycles. The number of rotatable bonds is 15. The average Bonchev–Trinajstić information content (AvgIpc) is 2.90. The molecule has 38 heavy (non-hydrogen) atoms. The van der Waals surface area contributed by atoms with Gasteiger partial charge < -0.3 is 14.9 Å². The van der Waals surface area contributed by atoms with Gasteiger partial charge in [0.1, 0.15) is 5.75 Å². The third kappa shape index (κ3) is 8.91. The maximum Gasteiger partial charge on any atom is 0.335 e. The van der Waals surface area contributed by atoms with Gasteiger partial charge in [-0.15, -0.1) is 0 Å². The molecule has 0 amide bonds. The largest absolute Gasteiger partial charge is 0.494 e. The smallest absolute Gasteiger partial charge is 0.335 e. The van der Waals surface area contributed by atoms with Crippen molar-refractivity contribution in [1.29, 1.82) is 0 Å². The summed E-state index contributed by atoms with van der Waals surface area (Å²) >= 11 is 0. The lowest BCUT2D eigenvalue weighted by Gasteiger charge is -2.11. The number of fused-ring (bicyclic) bond motifs is 1. The van der Waals surface area contributed by atoms with Gasteiger partial charge in [-0.05, 0) is 82.8 Å². The molecule has 3 aromatic carbocycles. The molecule has 0 bridgehead atoms. The van der Waals surface area contributed by atoms with Crippen LogP contribution < -0.4 is 4.74 Å². The molecule has 0 aromatic heterocycles. The number of allylic oxidation sites excluding steroid dienone is 2. The Morgan fingerprint density at radius 3 is 2.16 bits per heavy atom. The van der Waals surface area contributed by atoms with Gasteiger partial charge in [0.2, 0.25) is 0 Å². The second kappa shape index (κ2) is 14.8. The predicted molar refractivity (Wildman–Crippen MR) is 155 cm³/mol. The number of benzene rings is 3. The van der Waals surface area contributed by atoms with Crippen LogP contribution in [0.25, 0.3) is 22.4 Å². The monoisotopic (exact) mass is 514 g/mol. The fourth-order valence-electron chi connectivity index (χ4n) is 4.52. The summed E-state index contributed by atoms with van der Waals surface area (Å²) in [5.74, 6) is -1.23. The lowest BCUT2D eigenvalue weighted by atomic mass is 9.94. The summed E-state index contributed by atoms with van der Waals surface area (Å²) in [5.41, 5.74) is 2.86. The Morgan fingerprint density at radius 2 is 1.45 bits per heavy atom. The highest BCUT2D eigenvalue weighted by molar-refractivity contribution is 5.98. The van der Waals surface area contributed by atoms with Gasteiger partial charge in [0.15, 0.2) is 0 Å². The van der Waals surface area contributed by atoms with E-state index in [1.165, 1.54) is 51.0 Å². The average molecular weight is 515 g/mol. The third-order valence-electron chi connectivity index (χ3n) is 6.60. The van der Waals surface area contributed by atoms with E-state index in [2.05, 4.69) is 6.92 Å². The van der Waals surface area contributed by atoms with Crippen molar-refractivity contribution in [3.8, 4) is 5.75 Å². The maximum atomic E-state index is 11.5. The SMILES string of the molecule is CCCCCCCCCCOc1ccc2cc(/C=C(/C(C)=C/C(=O)O)c3cccc(C(=O)O)c3)ccc2c1. The van der Waals surface area contributed by atoms with Gasteiger partial charge in [-0.25, -0.2) is 9.59 Å². The summed E-state index contributed by atoms with van der Waals surface area (Å²) in [4.78, 5) is 22.8. The van der Waals surface area contributed by atoms with Crippen LogP contribution in [0.5, 0.6) is 5.75 Å². The molecule has 0 saturated carbocycles. The zero-order valence-corrected chi connectivity index (χ0v) is 22.4. The summed E-state index contributed by atoms with van der Waals surface area (Å²) in [6.07, 6.45) is 13.2. The molecule has 0 aliphatic rings. The van der Waals surface area contributed by atoms with Crippen molar-refractivity contribution in [1.82, 2.24) is 0 Å². The highest BCUT2D eigenvalue weighted by Crippen LogP contribution is 2.29. The normalized spacial score (nSPS) is 12.1. The van der Waals surface area contributed by atoms with Crippen LogP contribution in [0.4, 0.5) is 0 Å². The number of carboxylic acids is 2. The van der Waals surface area contributed by atoms with Gasteiger partial charge in [-0.3, -0.25) is 0 Å². The number of ether oxygens (including phenoxy) is 1. The Kier molecular flexibility index (Phi) is 11.2. The number of hydrogen-bond donors (Lipinski definition) is 2. The van der Waals surface area contributed by atoms with Crippen molar-refractivity contribution in [3.05, 3.63) is 89.0 Å². The van der Waals surface area contributed by atoms with Gasteiger partial charge in [0, 0.05) is 6.08 Å². The highest BCUT2D eigenvalue weighted by atomic mass is 16.5. The Hall–Kier alpha value is -3.86. The van der Waals surface area contributed by atoms with Crippen molar-refractivity contribution < 1.29 is 24.5 Å². The molecule has 0 saturated heterocycles. The second-order valence-electron chi connectivity index (χ2n) is 9.70. The van der Waals surface area contributed by atoms with Crippen LogP contribution in [0.15, 0.2) is 72.3 Å². The van der Waals surface area contributed by atoms with Crippen molar-refractivity contribution >= 4 is 34.4 Å². The number of aliphatic carboxylic acids is 1. The minimum Gasteiger partial charge on any atom is -0.494 e. The molecular formula is C33H38O5. The summed E-state index contributed by atoms with van der Waals surface area (Å²) in [6, 6.07) is 18.6. The Labute approximate surface area is 225 Å². The first-order chi connectivity index (χ1) is 18.4. The zero-order chi connectivity index (χ0) is 27.3. The molecule has 0 unspecified atom stereocenters. The van der Waals surface area contributed by atoms with Gasteiger partial charge in [0.05, 0.1) is 12.2 Å². The van der Waals surface area contributed by atoms with E-state index in [0.717, 1.165) is 41.2 Å². The number of hydrogen-bond acceptors (Lipinski definition) is 3. The van der Waals surface area contributed by atoms with Crippen molar-refractivity contribution in [3.63, 3.8) is 0 Å². The van der Waals surface area contributed by atoms with Crippen LogP contribution in [0, 0.1) is 0 Å². The lowest BCUT2D eigenvalue weighted by Crippen LogP contribution is -1.98. The first kappa shape index (κ1) is 28.7. The second-order valence-corrected chi connectivity index (χ2v) is 9.70. The van der Waals surface area contributed by atoms with Gasteiger partial charge in [-0.2, -0.15) is 0 Å². The zero-order valence-electron chi connectivity index (χ0n) is 22.4. The Bertz CT molecular complexity index is 1300. The molecule has 0 spiro atoms. The topological polar surface area (TPSA) is 83.8 Å². The number of unbranched alkanes of at least 4 members (excludes halogenated alkanes) is 7. The van der Waals surface area contributed by atoms with Crippen LogP contribution in [0.3, 0.4) is 0 Å². The number of aromatic carboxylic acids is 1. The van der Waals surface area contributed by atoms with Crippen molar-refractivity contribution in [2.24, 2.45) is 0 Å². The van der Waals surface area contributed by atoms with E-state index in [1.54, 1.807) is 25.1 Å². The van der Waals surface area contributed by atoms with Crippen molar-refractivity contribution in [2.75, 3.05) is 6.61 Å². The molecule has 0 radical (unpaired) electrons. The minimum absolute atomic E-state index is 0.148. The van der Waals surface area contributed by atoms with Crippen LogP contribution in [0.1, 0.15) is 86.7 Å². The summed E-state index contributed by atoms with van der Waals surface area (Å²) in [5, 5.41) is 20.8. The maximum absolute atomic E-state index is 11.5. The first-order valence-corrected chi connectivity index (χ1v) is 13.5. The molecule has 0 aliphatic heterocycles. The summed E-state index contributed by atoms with van der Waals surface area (Å²) in [7, 11) is 0.